The van der Waals surface area contributed by atoms with E-state index >= 15 is 0 Å². The number of hydrazone groups is 1. The summed E-state index contributed by atoms with van der Waals surface area (Å²) in [5, 5.41) is 5.94. The van der Waals surface area contributed by atoms with E-state index in [-0.39, 0.29) is 12.5 Å². The van der Waals surface area contributed by atoms with E-state index in [9.17, 15) is 4.79 Å². The second kappa shape index (κ2) is 7.92. The van der Waals surface area contributed by atoms with E-state index in [0.29, 0.717) is 11.7 Å². The highest BCUT2D eigenvalue weighted by molar-refractivity contribution is 7.11. The molecule has 5 heteroatoms. The van der Waals surface area contributed by atoms with Crippen molar-refractivity contribution in [1.82, 2.24) is 5.43 Å². The van der Waals surface area contributed by atoms with Gasteiger partial charge in [0.2, 0.25) is 0 Å². The summed E-state index contributed by atoms with van der Waals surface area (Å²) in [6.07, 6.45) is 1.65. The van der Waals surface area contributed by atoms with Crippen molar-refractivity contribution in [3.8, 4) is 5.75 Å². The van der Waals surface area contributed by atoms with Crippen molar-refractivity contribution in [2.24, 2.45) is 5.10 Å². The molecule has 0 aliphatic heterocycles. The summed E-state index contributed by atoms with van der Waals surface area (Å²) in [6, 6.07) is 7.92. The number of nitrogens with zero attached hydrogens (tertiary/aromatic N) is 1. The average Bonchev–Trinajstić information content (AvgIpc) is 2.90. The van der Waals surface area contributed by atoms with E-state index in [2.05, 4.69) is 31.3 Å². The maximum atomic E-state index is 11.7. The van der Waals surface area contributed by atoms with Gasteiger partial charge in [0.1, 0.15) is 5.75 Å². The first-order valence-corrected chi connectivity index (χ1v) is 8.44. The molecule has 23 heavy (non-hydrogen) atoms. The normalized spacial score (nSPS) is 11.2. The highest BCUT2D eigenvalue weighted by Gasteiger charge is 2.06. The van der Waals surface area contributed by atoms with Gasteiger partial charge in [0, 0.05) is 4.88 Å². The lowest BCUT2D eigenvalue weighted by Crippen LogP contribution is -2.24. The molecule has 0 aliphatic rings. The number of ether oxygens (including phenoxy) is 1. The number of benzene rings is 1. The molecule has 4 nitrogen and oxygen atoms in total. The van der Waals surface area contributed by atoms with Crippen LogP contribution in [-0.4, -0.2) is 18.7 Å². The maximum Gasteiger partial charge on any atom is 0.277 e. The van der Waals surface area contributed by atoms with Gasteiger partial charge in [0.05, 0.1) is 6.21 Å². The van der Waals surface area contributed by atoms with E-state index in [1.54, 1.807) is 17.6 Å². The molecular weight excluding hydrogens is 308 g/mol. The van der Waals surface area contributed by atoms with E-state index < -0.39 is 0 Å². The lowest BCUT2D eigenvalue weighted by atomic mass is 9.98. The molecule has 0 atom stereocenters. The Bertz CT molecular complexity index is 705. The summed E-state index contributed by atoms with van der Waals surface area (Å²) in [5.41, 5.74) is 6.08. The Morgan fingerprint density at radius 3 is 2.70 bits per heavy atom. The van der Waals surface area contributed by atoms with E-state index in [0.717, 1.165) is 10.4 Å². The van der Waals surface area contributed by atoms with Crippen LogP contribution in [0.1, 0.15) is 41.3 Å². The minimum Gasteiger partial charge on any atom is -0.484 e. The Balaban J connectivity index is 1.84. The van der Waals surface area contributed by atoms with Crippen LogP contribution in [0.2, 0.25) is 0 Å². The zero-order chi connectivity index (χ0) is 16.8. The molecule has 122 valence electrons. The fraction of sp³-hybridized carbons (Fsp3) is 0.333. The topological polar surface area (TPSA) is 50.7 Å². The van der Waals surface area contributed by atoms with Gasteiger partial charge in [-0.2, -0.15) is 5.10 Å². The van der Waals surface area contributed by atoms with Gasteiger partial charge >= 0.3 is 0 Å². The zero-order valence-electron chi connectivity index (χ0n) is 13.9. The maximum absolute atomic E-state index is 11.7. The van der Waals surface area contributed by atoms with Gasteiger partial charge in [-0.3, -0.25) is 4.79 Å². The van der Waals surface area contributed by atoms with E-state index in [4.69, 9.17) is 4.74 Å². The molecule has 1 aromatic heterocycles. The van der Waals surface area contributed by atoms with Gasteiger partial charge in [0.15, 0.2) is 6.61 Å². The summed E-state index contributed by atoms with van der Waals surface area (Å²) in [6.45, 7) is 8.32. The number of nitrogens with one attached hydrogen (secondary N) is 1. The number of thiophene rings is 1. The molecule has 1 amide bonds. The standard InChI is InChI=1S/C18H22N2O2S/c1-12(2)16-6-5-15(9-14(16)4)22-11-18(21)20-19-10-17-13(3)7-8-23-17/h5-10,12H,11H2,1-4H3,(H,20,21)/b19-10+. The van der Waals surface area contributed by atoms with Crippen molar-refractivity contribution < 1.29 is 9.53 Å². The predicted molar refractivity (Wildman–Crippen MR) is 95.6 cm³/mol. The summed E-state index contributed by atoms with van der Waals surface area (Å²) in [5.74, 6) is 0.892. The molecule has 2 rings (SSSR count). The zero-order valence-corrected chi connectivity index (χ0v) is 14.7. The second-order valence-corrected chi connectivity index (χ2v) is 6.67. The van der Waals surface area contributed by atoms with Crippen LogP contribution < -0.4 is 10.2 Å². The first-order chi connectivity index (χ1) is 11.0. The second-order valence-electron chi connectivity index (χ2n) is 5.72. The Morgan fingerprint density at radius 2 is 2.09 bits per heavy atom. The number of amides is 1. The fourth-order valence-corrected chi connectivity index (χ4v) is 3.03. The van der Waals surface area contributed by atoms with E-state index in [1.165, 1.54) is 11.1 Å². The highest BCUT2D eigenvalue weighted by Crippen LogP contribution is 2.23. The van der Waals surface area contributed by atoms with Crippen molar-refractivity contribution in [3.05, 3.63) is 51.2 Å². The predicted octanol–water partition coefficient (Wildman–Crippen LogP) is 4.02. The van der Waals surface area contributed by atoms with Crippen LogP contribution in [0, 0.1) is 13.8 Å². The summed E-state index contributed by atoms with van der Waals surface area (Å²) in [4.78, 5) is 12.8. The average molecular weight is 330 g/mol. The summed E-state index contributed by atoms with van der Waals surface area (Å²) < 4.78 is 5.51. The van der Waals surface area contributed by atoms with E-state index in [1.807, 2.05) is 36.6 Å². The third-order valence-corrected chi connectivity index (χ3v) is 4.46. The number of aryl methyl sites for hydroxylation is 2. The molecule has 0 aliphatic carbocycles. The third-order valence-electron chi connectivity index (χ3n) is 3.51. The molecule has 1 aromatic carbocycles. The lowest BCUT2D eigenvalue weighted by molar-refractivity contribution is -0.123. The molecular formula is C18H22N2O2S. The molecule has 1 heterocycles. The monoisotopic (exact) mass is 330 g/mol. The molecule has 0 bridgehead atoms. The molecule has 0 saturated heterocycles. The smallest absolute Gasteiger partial charge is 0.277 e. The summed E-state index contributed by atoms with van der Waals surface area (Å²) in [7, 11) is 0. The van der Waals surface area contributed by atoms with Crippen molar-refractivity contribution in [2.45, 2.75) is 33.6 Å². The molecule has 0 radical (unpaired) electrons. The summed E-state index contributed by atoms with van der Waals surface area (Å²) >= 11 is 1.58. The first kappa shape index (κ1) is 17.2. The van der Waals surface area contributed by atoms with Crippen molar-refractivity contribution in [3.63, 3.8) is 0 Å². The van der Waals surface area contributed by atoms with Gasteiger partial charge in [0.25, 0.3) is 5.91 Å². The van der Waals surface area contributed by atoms with Gasteiger partial charge in [-0.05, 0) is 60.0 Å². The lowest BCUT2D eigenvalue weighted by Gasteiger charge is -2.12. The molecule has 0 fully saturated rings. The number of carbonyl (C=O) groups is 1. The van der Waals surface area contributed by atoms with Crippen LogP contribution in [0.4, 0.5) is 0 Å². The Hall–Kier alpha value is -2.14. The van der Waals surface area contributed by atoms with Crippen LogP contribution in [0.3, 0.4) is 0 Å². The Morgan fingerprint density at radius 1 is 1.30 bits per heavy atom. The van der Waals surface area contributed by atoms with Gasteiger partial charge in [-0.15, -0.1) is 11.3 Å². The molecule has 2 aromatic rings. The van der Waals surface area contributed by atoms with Gasteiger partial charge < -0.3 is 4.74 Å². The quantitative estimate of drug-likeness (QED) is 0.642. The Labute approximate surface area is 141 Å². The van der Waals surface area contributed by atoms with Crippen LogP contribution in [0.15, 0.2) is 34.7 Å². The minimum absolute atomic E-state index is 0.0543. The fourth-order valence-electron chi connectivity index (χ4n) is 2.25. The van der Waals surface area contributed by atoms with Crippen LogP contribution in [0.25, 0.3) is 0 Å². The SMILES string of the molecule is Cc1cc(OCC(=O)N/N=C/c2sccc2C)ccc1C(C)C. The van der Waals surface area contributed by atoms with Crippen LogP contribution >= 0.6 is 11.3 Å². The van der Waals surface area contributed by atoms with Gasteiger partial charge in [-0.25, -0.2) is 5.43 Å². The molecule has 0 spiro atoms. The molecule has 0 unspecified atom stereocenters. The van der Waals surface area contributed by atoms with Gasteiger partial charge in [-0.1, -0.05) is 19.9 Å². The highest BCUT2D eigenvalue weighted by atomic mass is 32.1. The minimum atomic E-state index is -0.277. The number of hydrogen-bond donors (Lipinski definition) is 1. The molecule has 0 saturated carbocycles. The van der Waals surface area contributed by atoms with Crippen LogP contribution in [-0.2, 0) is 4.79 Å². The first-order valence-electron chi connectivity index (χ1n) is 7.56. The number of carbonyl (C=O) groups excluding carboxylic acids is 1. The number of hydrogen-bond acceptors (Lipinski definition) is 4. The van der Waals surface area contributed by atoms with Crippen molar-refractivity contribution >= 4 is 23.5 Å². The van der Waals surface area contributed by atoms with Crippen molar-refractivity contribution in [2.75, 3.05) is 6.61 Å². The Kier molecular flexibility index (Phi) is 5.93. The largest absolute Gasteiger partial charge is 0.484 e. The third kappa shape index (κ3) is 4.93. The van der Waals surface area contributed by atoms with Crippen molar-refractivity contribution in [1.29, 1.82) is 0 Å². The van der Waals surface area contributed by atoms with Crippen LogP contribution in [0.5, 0.6) is 5.75 Å². The number of rotatable bonds is 6. The molecule has 1 N–H and O–H groups in total.